The van der Waals surface area contributed by atoms with Gasteiger partial charge in [-0.1, -0.05) is 23.7 Å². The summed E-state index contributed by atoms with van der Waals surface area (Å²) in [4.78, 5) is 1.60. The quantitative estimate of drug-likeness (QED) is 0.908. The zero-order valence-electron chi connectivity index (χ0n) is 12.2. The first-order valence-corrected chi connectivity index (χ1v) is 8.38. The highest BCUT2D eigenvalue weighted by atomic mass is 35.5. The van der Waals surface area contributed by atoms with Gasteiger partial charge in [-0.15, -0.1) is 0 Å². The van der Waals surface area contributed by atoms with Crippen molar-refractivity contribution in [3.05, 3.63) is 58.9 Å². The van der Waals surface area contributed by atoms with E-state index in [0.717, 1.165) is 11.6 Å². The molecule has 7 heteroatoms. The summed E-state index contributed by atoms with van der Waals surface area (Å²) in [5.41, 5.74) is 1.29. The lowest BCUT2D eigenvalue weighted by Gasteiger charge is -2.20. The normalized spacial score (nSPS) is 11.5. The van der Waals surface area contributed by atoms with E-state index in [-0.39, 0.29) is 4.90 Å². The number of rotatable bonds is 5. The Hall–Kier alpha value is -1.63. The highest BCUT2D eigenvalue weighted by molar-refractivity contribution is 7.89. The van der Waals surface area contributed by atoms with Crippen molar-refractivity contribution in [1.82, 2.24) is 4.72 Å². The van der Waals surface area contributed by atoms with Crippen molar-refractivity contribution < 1.29 is 12.8 Å². The fourth-order valence-electron chi connectivity index (χ4n) is 2.03. The van der Waals surface area contributed by atoms with Crippen LogP contribution in [0.1, 0.15) is 5.56 Å². The lowest BCUT2D eigenvalue weighted by molar-refractivity contribution is 0.583. The second kappa shape index (κ2) is 6.64. The number of sulfonamides is 1. The molecule has 118 valence electrons. The van der Waals surface area contributed by atoms with Gasteiger partial charge in [-0.05, 0) is 42.9 Å². The molecule has 0 radical (unpaired) electrons. The molecule has 0 heterocycles. The summed E-state index contributed by atoms with van der Waals surface area (Å²) in [7, 11) is -0.629. The van der Waals surface area contributed by atoms with Gasteiger partial charge in [-0.25, -0.2) is 17.5 Å². The first-order chi connectivity index (χ1) is 10.3. The van der Waals surface area contributed by atoms with Gasteiger partial charge in [0.1, 0.15) is 5.82 Å². The minimum Gasteiger partial charge on any atom is -0.368 e. The Kier molecular flexibility index (Phi) is 5.05. The molecule has 0 aliphatic carbocycles. The average Bonchev–Trinajstić information content (AvgIpc) is 2.49. The van der Waals surface area contributed by atoms with Gasteiger partial charge < -0.3 is 4.90 Å². The van der Waals surface area contributed by atoms with Crippen LogP contribution in [0.15, 0.2) is 47.4 Å². The molecule has 2 rings (SSSR count). The molecule has 0 bridgehead atoms. The first kappa shape index (κ1) is 16.7. The van der Waals surface area contributed by atoms with E-state index in [1.807, 2.05) is 12.1 Å². The first-order valence-electron chi connectivity index (χ1n) is 6.52. The van der Waals surface area contributed by atoms with E-state index in [9.17, 15) is 12.8 Å². The monoisotopic (exact) mass is 342 g/mol. The zero-order valence-corrected chi connectivity index (χ0v) is 13.7. The molecule has 2 aromatic carbocycles. The van der Waals surface area contributed by atoms with Crippen molar-refractivity contribution in [2.75, 3.05) is 19.0 Å². The van der Waals surface area contributed by atoms with Crippen molar-refractivity contribution in [1.29, 1.82) is 0 Å². The van der Waals surface area contributed by atoms with Crippen molar-refractivity contribution in [2.24, 2.45) is 0 Å². The van der Waals surface area contributed by atoms with Crippen LogP contribution in [-0.4, -0.2) is 22.5 Å². The molecule has 0 saturated heterocycles. The van der Waals surface area contributed by atoms with Gasteiger partial charge in [-0.2, -0.15) is 0 Å². The van der Waals surface area contributed by atoms with E-state index in [4.69, 9.17) is 11.6 Å². The predicted molar refractivity (Wildman–Crippen MR) is 86.2 cm³/mol. The molecule has 0 saturated carbocycles. The summed E-state index contributed by atoms with van der Waals surface area (Å²) in [5, 5.41) is 0.638. The largest absolute Gasteiger partial charge is 0.368 e. The topological polar surface area (TPSA) is 49.4 Å². The van der Waals surface area contributed by atoms with E-state index < -0.39 is 15.8 Å². The van der Waals surface area contributed by atoms with Crippen molar-refractivity contribution in [2.45, 2.75) is 11.4 Å². The summed E-state index contributed by atoms with van der Waals surface area (Å²) in [6.07, 6.45) is 0. The second-order valence-electron chi connectivity index (χ2n) is 4.80. The second-order valence-corrected chi connectivity index (χ2v) is 7.13. The van der Waals surface area contributed by atoms with Crippen LogP contribution in [0.5, 0.6) is 0 Å². The molecule has 0 aromatic heterocycles. The lowest BCUT2D eigenvalue weighted by atomic mass is 10.2. The van der Waals surface area contributed by atoms with Gasteiger partial charge in [0.2, 0.25) is 10.0 Å². The standard InChI is InChI=1S/C15H16ClFN2O2S/c1-18-22(20,21)13-7-8-15(14(17)9-13)19(2)10-11-3-5-12(16)6-4-11/h3-9,18H,10H2,1-2H3. The summed E-state index contributed by atoms with van der Waals surface area (Å²) in [5.74, 6) is -0.590. The number of hydrogen-bond donors (Lipinski definition) is 1. The average molecular weight is 343 g/mol. The SMILES string of the molecule is CNS(=O)(=O)c1ccc(N(C)Cc2ccc(Cl)cc2)c(F)c1. The summed E-state index contributed by atoms with van der Waals surface area (Å²) < 4.78 is 39.6. The van der Waals surface area contributed by atoms with Crippen LogP contribution in [0.25, 0.3) is 0 Å². The smallest absolute Gasteiger partial charge is 0.240 e. The molecule has 1 N–H and O–H groups in total. The van der Waals surface area contributed by atoms with Crippen LogP contribution in [0.4, 0.5) is 10.1 Å². The summed E-state index contributed by atoms with van der Waals surface area (Å²) >= 11 is 5.83. The third kappa shape index (κ3) is 3.76. The Balaban J connectivity index is 2.23. The van der Waals surface area contributed by atoms with Crippen molar-refractivity contribution in [3.63, 3.8) is 0 Å². The third-order valence-electron chi connectivity index (χ3n) is 3.24. The van der Waals surface area contributed by atoms with Crippen LogP contribution >= 0.6 is 11.6 Å². The van der Waals surface area contributed by atoms with E-state index in [1.54, 1.807) is 24.1 Å². The Morgan fingerprint density at radius 3 is 2.36 bits per heavy atom. The third-order valence-corrected chi connectivity index (χ3v) is 4.91. The number of halogens is 2. The maximum absolute atomic E-state index is 14.2. The molecule has 0 amide bonds. The van der Waals surface area contributed by atoms with Gasteiger partial charge in [-0.3, -0.25) is 0 Å². The molecule has 4 nitrogen and oxygen atoms in total. The van der Waals surface area contributed by atoms with Gasteiger partial charge in [0.05, 0.1) is 10.6 Å². The number of anilines is 1. The number of hydrogen-bond acceptors (Lipinski definition) is 3. The minimum absolute atomic E-state index is 0.101. The molecule has 0 aliphatic rings. The Morgan fingerprint density at radius 2 is 1.82 bits per heavy atom. The molecule has 2 aromatic rings. The van der Waals surface area contributed by atoms with Gasteiger partial charge in [0.25, 0.3) is 0 Å². The maximum atomic E-state index is 14.2. The van der Waals surface area contributed by atoms with E-state index in [2.05, 4.69) is 4.72 Å². The molecular weight excluding hydrogens is 327 g/mol. The lowest BCUT2D eigenvalue weighted by Crippen LogP contribution is -2.20. The fraction of sp³-hybridized carbons (Fsp3) is 0.200. The van der Waals surface area contributed by atoms with Crippen LogP contribution in [0.3, 0.4) is 0 Å². The van der Waals surface area contributed by atoms with Crippen LogP contribution in [0, 0.1) is 5.82 Å². The van der Waals surface area contributed by atoms with Crippen molar-refractivity contribution >= 4 is 27.3 Å². The van der Waals surface area contributed by atoms with E-state index >= 15 is 0 Å². The highest BCUT2D eigenvalue weighted by Gasteiger charge is 2.15. The molecule has 0 spiro atoms. The van der Waals surface area contributed by atoms with Crippen LogP contribution < -0.4 is 9.62 Å². The molecule has 0 unspecified atom stereocenters. The van der Waals surface area contributed by atoms with Gasteiger partial charge in [0.15, 0.2) is 0 Å². The van der Waals surface area contributed by atoms with E-state index in [1.165, 1.54) is 19.2 Å². The summed E-state index contributed by atoms with van der Waals surface area (Å²) in [6, 6.07) is 11.1. The molecule has 0 aliphatic heterocycles. The van der Waals surface area contributed by atoms with Crippen LogP contribution in [-0.2, 0) is 16.6 Å². The van der Waals surface area contributed by atoms with E-state index in [0.29, 0.717) is 17.3 Å². The molecule has 0 atom stereocenters. The number of nitrogens with one attached hydrogen (secondary N) is 1. The number of nitrogens with zero attached hydrogens (tertiary/aromatic N) is 1. The molecular formula is C15H16ClFN2O2S. The highest BCUT2D eigenvalue weighted by Crippen LogP contribution is 2.23. The minimum atomic E-state index is -3.65. The number of benzene rings is 2. The van der Waals surface area contributed by atoms with Gasteiger partial charge in [0, 0.05) is 18.6 Å². The fourth-order valence-corrected chi connectivity index (χ4v) is 2.90. The molecule has 0 fully saturated rings. The van der Waals surface area contributed by atoms with Gasteiger partial charge >= 0.3 is 0 Å². The summed E-state index contributed by atoms with van der Waals surface area (Å²) in [6.45, 7) is 0.478. The molecule has 22 heavy (non-hydrogen) atoms. The Labute approximate surface area is 134 Å². The van der Waals surface area contributed by atoms with Crippen molar-refractivity contribution in [3.8, 4) is 0 Å². The Morgan fingerprint density at radius 1 is 1.18 bits per heavy atom. The zero-order chi connectivity index (χ0) is 16.3. The predicted octanol–water partition coefficient (Wildman–Crippen LogP) is 3.02. The Bertz CT molecular complexity index is 764. The van der Waals surface area contributed by atoms with Crippen LogP contribution in [0.2, 0.25) is 5.02 Å². The maximum Gasteiger partial charge on any atom is 0.240 e.